The van der Waals surface area contributed by atoms with Gasteiger partial charge in [0.25, 0.3) is 5.91 Å². The van der Waals surface area contributed by atoms with Gasteiger partial charge in [0, 0.05) is 29.4 Å². The van der Waals surface area contributed by atoms with Gasteiger partial charge in [-0.2, -0.15) is 11.8 Å². The third kappa shape index (κ3) is 3.40. The Balaban J connectivity index is 1.97. The number of Topliss-reactive ketones (excluding diaryl/α,β-unsaturated/α-hetero) is 2. The number of hydrogen-bond donors (Lipinski definition) is 6. The summed E-state index contributed by atoms with van der Waals surface area (Å²) in [5.74, 6) is -6.14. The summed E-state index contributed by atoms with van der Waals surface area (Å²) in [6, 6.07) is 0.748. The lowest BCUT2D eigenvalue weighted by Crippen LogP contribution is -2.63. The first kappa shape index (κ1) is 25.2. The van der Waals surface area contributed by atoms with Crippen LogP contribution >= 0.6 is 11.8 Å². The summed E-state index contributed by atoms with van der Waals surface area (Å²) in [6.07, 6.45) is 2.12. The Hall–Kier alpha value is -2.86. The molecule has 4 rings (SSSR count). The number of hydrogen-bond acceptors (Lipinski definition) is 10. The van der Waals surface area contributed by atoms with Crippen LogP contribution in [0.5, 0.6) is 5.75 Å². The lowest BCUT2D eigenvalue weighted by molar-refractivity contribution is -0.148. The minimum absolute atomic E-state index is 0.00205. The standard InChI is InChI=1S/C24H29N3O7S/c1-27(2)17-13-6-9-5-12-10(7-25)4-11(8-35-3)18(28)15(12)19(29)14(9)21(31)24(13,34)22(32)16(20(17)30)23(26)33/h4,9,13,17,28,30-31,34H,5-8,25H2,1-3H3,(H2,26,33)/t9-,13-,17-,24-/m0/s1. The number of phenolic OH excluding ortho intramolecular Hbond substituents is 1. The molecule has 8 N–H and O–H groups in total. The van der Waals surface area contributed by atoms with Crippen LogP contribution in [0.1, 0.15) is 33.5 Å². The van der Waals surface area contributed by atoms with Gasteiger partial charge in [-0.1, -0.05) is 0 Å². The van der Waals surface area contributed by atoms with Crippen LogP contribution in [-0.4, -0.2) is 74.8 Å². The first-order valence-electron chi connectivity index (χ1n) is 11.1. The molecule has 0 heterocycles. The van der Waals surface area contributed by atoms with Crippen molar-refractivity contribution >= 4 is 29.2 Å². The van der Waals surface area contributed by atoms with Crippen molar-refractivity contribution < 1.29 is 34.8 Å². The number of primary amides is 1. The zero-order chi connectivity index (χ0) is 26.0. The second-order valence-corrected chi connectivity index (χ2v) is 10.4. The fraction of sp³-hybridized carbons (Fsp3) is 0.458. The van der Waals surface area contributed by atoms with E-state index >= 15 is 0 Å². The Bertz CT molecular complexity index is 1220. The van der Waals surface area contributed by atoms with E-state index in [1.54, 1.807) is 20.2 Å². The van der Waals surface area contributed by atoms with E-state index in [0.717, 1.165) is 0 Å². The number of aromatic hydroxyl groups is 1. The van der Waals surface area contributed by atoms with Crippen LogP contribution in [0.2, 0.25) is 0 Å². The molecule has 188 valence electrons. The van der Waals surface area contributed by atoms with Crippen LogP contribution < -0.4 is 11.5 Å². The van der Waals surface area contributed by atoms with E-state index in [1.165, 1.54) is 16.7 Å². The highest BCUT2D eigenvalue weighted by molar-refractivity contribution is 7.97. The normalized spacial score (nSPS) is 28.2. The van der Waals surface area contributed by atoms with E-state index in [1.807, 2.05) is 6.26 Å². The Morgan fingerprint density at radius 2 is 1.89 bits per heavy atom. The lowest BCUT2D eigenvalue weighted by atomic mass is 9.58. The van der Waals surface area contributed by atoms with Crippen LogP contribution in [-0.2, 0) is 28.3 Å². The number of nitrogens with zero attached hydrogens (tertiary/aromatic N) is 1. The number of rotatable bonds is 5. The van der Waals surface area contributed by atoms with Gasteiger partial charge >= 0.3 is 0 Å². The third-order valence-electron chi connectivity index (χ3n) is 7.41. The van der Waals surface area contributed by atoms with Gasteiger partial charge in [-0.05, 0) is 56.3 Å². The van der Waals surface area contributed by atoms with E-state index in [0.29, 0.717) is 22.4 Å². The number of likely N-dealkylation sites (N-methyl/N-ethyl adjacent to an activating group) is 1. The van der Waals surface area contributed by atoms with Crippen molar-refractivity contribution in [2.75, 3.05) is 20.4 Å². The van der Waals surface area contributed by atoms with Gasteiger partial charge < -0.3 is 31.9 Å². The topological polar surface area (TPSA) is 187 Å². The molecule has 0 saturated carbocycles. The Morgan fingerprint density at radius 1 is 1.23 bits per heavy atom. The van der Waals surface area contributed by atoms with Crippen LogP contribution in [0.25, 0.3) is 0 Å². The van der Waals surface area contributed by atoms with Crippen molar-refractivity contribution in [2.45, 2.75) is 36.8 Å². The molecule has 4 atom stereocenters. The Morgan fingerprint density at radius 3 is 2.43 bits per heavy atom. The molecular formula is C24H29N3O7S. The summed E-state index contributed by atoms with van der Waals surface area (Å²) < 4.78 is 0. The zero-order valence-electron chi connectivity index (χ0n) is 19.7. The van der Waals surface area contributed by atoms with E-state index < -0.39 is 58.0 Å². The number of allylic oxidation sites excluding steroid dienone is 1. The minimum Gasteiger partial charge on any atom is -0.510 e. The first-order valence-corrected chi connectivity index (χ1v) is 12.5. The van der Waals surface area contributed by atoms with Crippen molar-refractivity contribution in [1.82, 2.24) is 4.90 Å². The molecule has 1 aromatic carbocycles. The Labute approximate surface area is 206 Å². The van der Waals surface area contributed by atoms with Gasteiger partial charge in [0.2, 0.25) is 5.78 Å². The number of aliphatic hydroxyl groups excluding tert-OH is 2. The van der Waals surface area contributed by atoms with Crippen LogP contribution in [0, 0.1) is 11.8 Å². The SMILES string of the molecule is CSCc1cc(CN)c2c(c1O)C(=O)C1=C(O)[C@]3(O)C(=O)C(C(N)=O)=C(O)[C@@H](N(C)C)[C@@H]3C[C@@H]1C2. The molecule has 0 bridgehead atoms. The molecule has 0 unspecified atom stereocenters. The molecule has 0 aromatic heterocycles. The number of phenols is 1. The van der Waals surface area contributed by atoms with Crippen molar-refractivity contribution in [1.29, 1.82) is 0 Å². The fourth-order valence-corrected chi connectivity index (χ4v) is 6.44. The second-order valence-electron chi connectivity index (χ2n) is 9.50. The number of carbonyl (C=O) groups excluding carboxylic acids is 3. The van der Waals surface area contributed by atoms with Crippen LogP contribution in [0.15, 0.2) is 28.7 Å². The third-order valence-corrected chi connectivity index (χ3v) is 8.01. The summed E-state index contributed by atoms with van der Waals surface area (Å²) in [5.41, 5.74) is 9.42. The van der Waals surface area contributed by atoms with Gasteiger partial charge in [-0.3, -0.25) is 19.3 Å². The van der Waals surface area contributed by atoms with Crippen molar-refractivity contribution in [3.8, 4) is 5.75 Å². The number of aliphatic hydroxyl groups is 3. The number of ketones is 2. The molecule has 0 radical (unpaired) electrons. The quantitative estimate of drug-likeness (QED) is 0.308. The van der Waals surface area contributed by atoms with Crippen molar-refractivity contribution in [3.05, 3.63) is 51.0 Å². The summed E-state index contributed by atoms with van der Waals surface area (Å²) in [5, 5.41) is 44.6. The average molecular weight is 504 g/mol. The van der Waals surface area contributed by atoms with Gasteiger partial charge in [0.1, 0.15) is 22.8 Å². The summed E-state index contributed by atoms with van der Waals surface area (Å²) in [4.78, 5) is 40.5. The van der Waals surface area contributed by atoms with Gasteiger partial charge in [0.05, 0.1) is 11.6 Å². The second kappa shape index (κ2) is 8.66. The molecule has 10 nitrogen and oxygen atoms in total. The number of nitrogens with two attached hydrogens (primary N) is 2. The molecule has 35 heavy (non-hydrogen) atoms. The number of carbonyl (C=O) groups is 3. The summed E-state index contributed by atoms with van der Waals surface area (Å²) in [7, 11) is 3.18. The van der Waals surface area contributed by atoms with E-state index in [-0.39, 0.29) is 36.3 Å². The fourth-order valence-electron chi connectivity index (χ4n) is 5.91. The number of benzene rings is 1. The predicted molar refractivity (Wildman–Crippen MR) is 129 cm³/mol. The maximum Gasteiger partial charge on any atom is 0.255 e. The minimum atomic E-state index is -2.65. The van der Waals surface area contributed by atoms with E-state index in [2.05, 4.69) is 0 Å². The summed E-state index contributed by atoms with van der Waals surface area (Å²) in [6.45, 7) is 0.132. The molecule has 3 aliphatic rings. The Kier molecular flexibility index (Phi) is 6.25. The lowest BCUT2D eigenvalue weighted by Gasteiger charge is -2.50. The van der Waals surface area contributed by atoms with Gasteiger partial charge in [0.15, 0.2) is 11.4 Å². The van der Waals surface area contributed by atoms with Crippen molar-refractivity contribution in [3.63, 3.8) is 0 Å². The first-order chi connectivity index (χ1) is 16.4. The summed E-state index contributed by atoms with van der Waals surface area (Å²) >= 11 is 1.45. The van der Waals surface area contributed by atoms with Crippen molar-refractivity contribution in [2.24, 2.45) is 23.3 Å². The number of fused-ring (bicyclic) bond motifs is 3. The molecule has 1 aromatic rings. The smallest absolute Gasteiger partial charge is 0.255 e. The van der Waals surface area contributed by atoms with Gasteiger partial charge in [-0.25, -0.2) is 0 Å². The molecule has 0 fully saturated rings. The van der Waals surface area contributed by atoms with E-state index in [4.69, 9.17) is 11.5 Å². The molecular weight excluding hydrogens is 474 g/mol. The maximum atomic E-state index is 13.7. The molecule has 0 saturated heterocycles. The maximum absolute atomic E-state index is 13.7. The molecule has 1 amide bonds. The highest BCUT2D eigenvalue weighted by atomic mass is 32.2. The van der Waals surface area contributed by atoms with E-state index in [9.17, 15) is 34.8 Å². The molecule has 3 aliphatic carbocycles. The number of thioether (sulfide) groups is 1. The van der Waals surface area contributed by atoms with Crippen LogP contribution in [0.3, 0.4) is 0 Å². The average Bonchev–Trinajstić information content (AvgIpc) is 2.77. The largest absolute Gasteiger partial charge is 0.510 e. The predicted octanol–water partition coefficient (Wildman–Crippen LogP) is 0.442. The highest BCUT2D eigenvalue weighted by Gasteiger charge is 2.63. The zero-order valence-corrected chi connectivity index (χ0v) is 20.5. The molecule has 11 heteroatoms. The van der Waals surface area contributed by atoms with Gasteiger partial charge in [-0.15, -0.1) is 0 Å². The number of amides is 1. The molecule has 0 aliphatic heterocycles. The molecule has 0 spiro atoms. The monoisotopic (exact) mass is 503 g/mol. The highest BCUT2D eigenvalue weighted by Crippen LogP contribution is 2.52. The van der Waals surface area contributed by atoms with Crippen LogP contribution in [0.4, 0.5) is 0 Å².